The first-order valence-electron chi connectivity index (χ1n) is 9.99. The van der Waals surface area contributed by atoms with Crippen LogP contribution in [0.1, 0.15) is 42.6 Å². The molecule has 0 aromatic heterocycles. The average Bonchev–Trinajstić information content (AvgIpc) is 3.06. The molecule has 0 bridgehead atoms. The van der Waals surface area contributed by atoms with Gasteiger partial charge in [0.05, 0.1) is 0 Å². The highest BCUT2D eigenvalue weighted by Crippen LogP contribution is 2.62. The maximum atomic E-state index is 12.6. The smallest absolute Gasteiger partial charge is 0.251 e. The molecule has 2 aliphatic heterocycles. The normalized spacial score (nSPS) is 26.8. The lowest BCUT2D eigenvalue weighted by atomic mass is 9.98. The fraction of sp³-hybridized carbons (Fsp3) is 0.409. The fourth-order valence-corrected chi connectivity index (χ4v) is 5.31. The summed E-state index contributed by atoms with van der Waals surface area (Å²) in [7, 11) is 0. The Bertz CT molecular complexity index is 957. The Morgan fingerprint density at radius 1 is 1.21 bits per heavy atom. The second kappa shape index (κ2) is 6.89. The van der Waals surface area contributed by atoms with Crippen molar-refractivity contribution in [2.24, 2.45) is 17.8 Å². The molecule has 3 unspecified atom stereocenters. The fourth-order valence-electron chi connectivity index (χ4n) is 5.19. The molecular weight excluding hydrogens is 372 g/mol. The minimum atomic E-state index is -0.00348. The summed E-state index contributed by atoms with van der Waals surface area (Å²) in [5.74, 6) is 2.94. The SMILES string of the molecule is CCC(NC(=O)c1ccc(Cl)cc1)C1[C@H]2CC(n3cccc4ncnc3-4)C[C@@H]12. The maximum absolute atomic E-state index is 12.6. The van der Waals surface area contributed by atoms with E-state index in [1.165, 1.54) is 0 Å². The largest absolute Gasteiger partial charge is 0.349 e. The second-order valence-corrected chi connectivity index (χ2v) is 8.46. The Morgan fingerprint density at radius 3 is 2.68 bits per heavy atom. The van der Waals surface area contributed by atoms with Crippen LogP contribution < -0.4 is 5.32 Å². The summed E-state index contributed by atoms with van der Waals surface area (Å²) >= 11 is 5.93. The van der Waals surface area contributed by atoms with Gasteiger partial charge in [-0.25, -0.2) is 9.97 Å². The molecule has 1 N–H and O–H groups in total. The first kappa shape index (κ1) is 17.7. The molecule has 1 aromatic rings. The molecule has 1 aromatic carbocycles. The number of halogens is 1. The number of pyridine rings is 1. The van der Waals surface area contributed by atoms with Gasteiger partial charge in [-0.05, 0) is 73.4 Å². The molecule has 5 rings (SSSR count). The van der Waals surface area contributed by atoms with Crippen LogP contribution in [0.4, 0.5) is 0 Å². The Kier molecular flexibility index (Phi) is 4.35. The van der Waals surface area contributed by atoms with Crippen molar-refractivity contribution in [3.8, 4) is 11.5 Å². The molecular formula is C22H23ClN4O. The van der Waals surface area contributed by atoms with E-state index in [-0.39, 0.29) is 11.9 Å². The van der Waals surface area contributed by atoms with E-state index < -0.39 is 0 Å². The van der Waals surface area contributed by atoms with Gasteiger partial charge in [0.15, 0.2) is 5.82 Å². The predicted octanol–water partition coefficient (Wildman–Crippen LogP) is 4.44. The minimum Gasteiger partial charge on any atom is -0.349 e. The Morgan fingerprint density at radius 2 is 1.96 bits per heavy atom. The van der Waals surface area contributed by atoms with Crippen LogP contribution in [0, 0.1) is 17.8 Å². The average molecular weight is 395 g/mol. The van der Waals surface area contributed by atoms with Crippen LogP contribution in [0.25, 0.3) is 11.5 Å². The van der Waals surface area contributed by atoms with Crippen LogP contribution in [0.3, 0.4) is 0 Å². The third-order valence-corrected chi connectivity index (χ3v) is 6.81. The van der Waals surface area contributed by atoms with E-state index in [1.807, 2.05) is 6.07 Å². The number of nitrogens with zero attached hydrogens (tertiary/aromatic N) is 3. The van der Waals surface area contributed by atoms with Gasteiger partial charge in [0.2, 0.25) is 0 Å². The van der Waals surface area contributed by atoms with Crippen molar-refractivity contribution in [2.45, 2.75) is 38.3 Å². The summed E-state index contributed by atoms with van der Waals surface area (Å²) in [6, 6.07) is 11.9. The van der Waals surface area contributed by atoms with Crippen molar-refractivity contribution in [3.05, 3.63) is 59.5 Å². The number of imidazole rings is 1. The molecule has 6 heteroatoms. The number of nitrogens with one attached hydrogen (secondary N) is 1. The lowest BCUT2D eigenvalue weighted by Gasteiger charge is -2.24. The quantitative estimate of drug-likeness (QED) is 0.695. The van der Waals surface area contributed by atoms with Crippen LogP contribution in [0.5, 0.6) is 0 Å². The van der Waals surface area contributed by atoms with Gasteiger partial charge in [0.1, 0.15) is 12.0 Å². The Hall–Kier alpha value is -2.40. The van der Waals surface area contributed by atoms with Crippen LogP contribution in [0.2, 0.25) is 5.02 Å². The van der Waals surface area contributed by atoms with Crippen LogP contribution >= 0.6 is 11.6 Å². The molecule has 2 fully saturated rings. The Balaban J connectivity index is 1.24. The molecule has 5 atom stereocenters. The topological polar surface area (TPSA) is 59.8 Å². The van der Waals surface area contributed by atoms with E-state index >= 15 is 0 Å². The molecule has 4 aliphatic rings. The van der Waals surface area contributed by atoms with E-state index in [2.05, 4.69) is 39.0 Å². The van der Waals surface area contributed by atoms with Crippen molar-refractivity contribution >= 4 is 17.5 Å². The van der Waals surface area contributed by atoms with Crippen LogP contribution in [-0.2, 0) is 0 Å². The zero-order valence-electron chi connectivity index (χ0n) is 15.8. The Labute approximate surface area is 169 Å². The summed E-state index contributed by atoms with van der Waals surface area (Å²) in [4.78, 5) is 21.4. The van der Waals surface area contributed by atoms with E-state index in [0.717, 1.165) is 30.8 Å². The van der Waals surface area contributed by atoms with Crippen molar-refractivity contribution < 1.29 is 4.79 Å². The number of benzene rings is 1. The molecule has 1 amide bonds. The second-order valence-electron chi connectivity index (χ2n) is 8.02. The highest BCUT2D eigenvalue weighted by Gasteiger charge is 2.59. The van der Waals surface area contributed by atoms with Gasteiger partial charge >= 0.3 is 0 Å². The first-order valence-corrected chi connectivity index (χ1v) is 10.4. The minimum absolute atomic E-state index is 0.00348. The van der Waals surface area contributed by atoms with Gasteiger partial charge in [-0.2, -0.15) is 0 Å². The van der Waals surface area contributed by atoms with Gasteiger partial charge in [0, 0.05) is 28.9 Å². The van der Waals surface area contributed by atoms with Crippen LogP contribution in [-0.4, -0.2) is 26.5 Å². The van der Waals surface area contributed by atoms with E-state index in [0.29, 0.717) is 34.4 Å². The van der Waals surface area contributed by atoms with Gasteiger partial charge < -0.3 is 9.88 Å². The van der Waals surface area contributed by atoms with Gasteiger partial charge in [-0.15, -0.1) is 0 Å². The summed E-state index contributed by atoms with van der Waals surface area (Å²) in [5.41, 5.74) is 1.63. The summed E-state index contributed by atoms with van der Waals surface area (Å²) in [6.07, 6.45) is 7.03. The summed E-state index contributed by atoms with van der Waals surface area (Å²) in [6.45, 7) is 2.16. The molecule has 2 heterocycles. The highest BCUT2D eigenvalue weighted by molar-refractivity contribution is 6.30. The third-order valence-electron chi connectivity index (χ3n) is 6.56. The van der Waals surface area contributed by atoms with Crippen molar-refractivity contribution in [3.63, 3.8) is 0 Å². The summed E-state index contributed by atoms with van der Waals surface area (Å²) in [5, 5.41) is 3.91. The number of aromatic nitrogens is 3. The number of carbonyl (C=O) groups excluding carboxylic acids is 1. The van der Waals surface area contributed by atoms with Gasteiger partial charge in [-0.3, -0.25) is 4.79 Å². The van der Waals surface area contributed by atoms with Gasteiger partial charge in [0.25, 0.3) is 5.91 Å². The molecule has 2 saturated carbocycles. The number of fused-ring (bicyclic) bond motifs is 2. The number of carbonyl (C=O) groups is 1. The first-order chi connectivity index (χ1) is 13.7. The lowest BCUT2D eigenvalue weighted by Crippen LogP contribution is -2.37. The number of hydrogen-bond donors (Lipinski definition) is 1. The zero-order chi connectivity index (χ0) is 19.3. The maximum Gasteiger partial charge on any atom is 0.251 e. The predicted molar refractivity (Wildman–Crippen MR) is 108 cm³/mol. The van der Waals surface area contributed by atoms with Crippen molar-refractivity contribution in [1.29, 1.82) is 0 Å². The number of rotatable bonds is 5. The standard InChI is InChI=1S/C22H23ClN4O/c1-2-18(26-22(28)13-5-7-14(23)8-6-13)20-16-10-15(11-17(16)20)27-9-3-4-19-21(27)25-12-24-19/h3-9,12,15-18,20H,2,10-11H2,1H3,(H,26,28)/t15?,16-,17+,18?,20?. The molecule has 2 aliphatic carbocycles. The molecule has 5 nitrogen and oxygen atoms in total. The number of amides is 1. The molecule has 0 saturated heterocycles. The monoisotopic (exact) mass is 394 g/mol. The lowest BCUT2D eigenvalue weighted by molar-refractivity contribution is 0.0927. The molecule has 0 radical (unpaired) electrons. The summed E-state index contributed by atoms with van der Waals surface area (Å²) < 4.78 is 2.29. The zero-order valence-corrected chi connectivity index (χ0v) is 16.5. The molecule has 0 spiro atoms. The van der Waals surface area contributed by atoms with E-state index in [4.69, 9.17) is 11.6 Å². The highest BCUT2D eigenvalue weighted by atomic mass is 35.5. The van der Waals surface area contributed by atoms with E-state index in [9.17, 15) is 4.79 Å². The number of hydrogen-bond acceptors (Lipinski definition) is 3. The van der Waals surface area contributed by atoms with Crippen molar-refractivity contribution in [1.82, 2.24) is 19.9 Å². The third kappa shape index (κ3) is 2.98. The van der Waals surface area contributed by atoms with Crippen LogP contribution in [0.15, 0.2) is 48.9 Å². The van der Waals surface area contributed by atoms with Crippen molar-refractivity contribution in [2.75, 3.05) is 0 Å². The molecule has 28 heavy (non-hydrogen) atoms. The molecule has 144 valence electrons. The van der Waals surface area contributed by atoms with Gasteiger partial charge in [-0.1, -0.05) is 18.5 Å². The van der Waals surface area contributed by atoms with E-state index in [1.54, 1.807) is 30.6 Å².